The number of carbonyl (C=O) groups is 2. The van der Waals surface area contributed by atoms with Gasteiger partial charge in [0, 0.05) is 12.8 Å². The maximum absolute atomic E-state index is 10.6. The highest BCUT2D eigenvalue weighted by Crippen LogP contribution is 1.95. The lowest BCUT2D eigenvalue weighted by molar-refractivity contribution is -0.143. The Balaban J connectivity index is 0. The van der Waals surface area contributed by atoms with Crippen molar-refractivity contribution in [3.63, 3.8) is 0 Å². The summed E-state index contributed by atoms with van der Waals surface area (Å²) in [6.07, 6.45) is 3.98. The minimum Gasteiger partial charge on any atom is -0.469 e. The molecule has 0 unspecified atom stereocenters. The minimum atomic E-state index is -0.123. The van der Waals surface area contributed by atoms with Gasteiger partial charge in [0.2, 0.25) is 0 Å². The third kappa shape index (κ3) is 15.4. The molecule has 4 heteroatoms. The highest BCUT2D eigenvalue weighted by molar-refractivity contribution is 5.69. The molecule has 0 aliphatic carbocycles. The fourth-order valence-corrected chi connectivity index (χ4v) is 0.860. The molecule has 0 aliphatic rings. The molecule has 0 bridgehead atoms. The predicted molar refractivity (Wildman–Crippen MR) is 63.1 cm³/mol. The number of unbranched alkanes of at least 4 members (excludes halogenated alkanes) is 1. The molecule has 0 heterocycles. The summed E-state index contributed by atoms with van der Waals surface area (Å²) in [6.45, 7) is 6.32. The van der Waals surface area contributed by atoms with Crippen LogP contribution in [0.4, 0.5) is 0 Å². The first-order valence-corrected chi connectivity index (χ1v) is 5.84. The molecular formula is C12H24O4. The Labute approximate surface area is 98.3 Å². The van der Waals surface area contributed by atoms with Crippen LogP contribution in [0, 0.1) is 0 Å². The van der Waals surface area contributed by atoms with Crippen LogP contribution in [0.25, 0.3) is 0 Å². The van der Waals surface area contributed by atoms with E-state index < -0.39 is 0 Å². The maximum atomic E-state index is 10.6. The SMILES string of the molecule is CCCC(=O)OC.CCCCC(=O)OCC. The quantitative estimate of drug-likeness (QED) is 0.661. The van der Waals surface area contributed by atoms with Crippen molar-refractivity contribution in [2.24, 2.45) is 0 Å². The summed E-state index contributed by atoms with van der Waals surface area (Å²) < 4.78 is 9.06. The number of ether oxygens (including phenoxy) is 2. The van der Waals surface area contributed by atoms with E-state index in [1.165, 1.54) is 7.11 Å². The average molecular weight is 232 g/mol. The van der Waals surface area contributed by atoms with Crippen LogP contribution in [0.2, 0.25) is 0 Å². The molecule has 0 aromatic rings. The Kier molecular flexibility index (Phi) is 15.1. The van der Waals surface area contributed by atoms with Crippen molar-refractivity contribution < 1.29 is 19.1 Å². The smallest absolute Gasteiger partial charge is 0.305 e. The van der Waals surface area contributed by atoms with Gasteiger partial charge in [0.25, 0.3) is 0 Å². The Morgan fingerprint density at radius 2 is 1.56 bits per heavy atom. The molecule has 0 saturated carbocycles. The topological polar surface area (TPSA) is 52.6 Å². The molecule has 4 nitrogen and oxygen atoms in total. The van der Waals surface area contributed by atoms with Gasteiger partial charge in [-0.05, 0) is 19.8 Å². The second-order valence-corrected chi connectivity index (χ2v) is 3.23. The summed E-state index contributed by atoms with van der Waals surface area (Å²) in [4.78, 5) is 20.8. The predicted octanol–water partition coefficient (Wildman–Crippen LogP) is 2.70. The zero-order valence-corrected chi connectivity index (χ0v) is 10.9. The molecule has 0 aromatic carbocycles. The molecule has 96 valence electrons. The largest absolute Gasteiger partial charge is 0.469 e. The van der Waals surface area contributed by atoms with E-state index in [1.807, 2.05) is 13.8 Å². The van der Waals surface area contributed by atoms with E-state index in [-0.39, 0.29) is 11.9 Å². The summed E-state index contributed by atoms with van der Waals surface area (Å²) >= 11 is 0. The lowest BCUT2D eigenvalue weighted by Crippen LogP contribution is -2.02. The van der Waals surface area contributed by atoms with Crippen LogP contribution in [0.1, 0.15) is 52.9 Å². The molecule has 0 aromatic heterocycles. The standard InChI is InChI=1S/C7H14O2.C5H10O2/c1-3-5-6-7(8)9-4-2;1-3-4-5(6)7-2/h3-6H2,1-2H3;3-4H2,1-2H3. The van der Waals surface area contributed by atoms with Crippen molar-refractivity contribution in [3.05, 3.63) is 0 Å². The van der Waals surface area contributed by atoms with Crippen LogP contribution >= 0.6 is 0 Å². The van der Waals surface area contributed by atoms with Gasteiger partial charge in [-0.25, -0.2) is 0 Å². The Morgan fingerprint density at radius 1 is 0.938 bits per heavy atom. The molecule has 0 spiro atoms. The Morgan fingerprint density at radius 3 is 1.88 bits per heavy atom. The summed E-state index contributed by atoms with van der Waals surface area (Å²) in [6, 6.07) is 0. The van der Waals surface area contributed by atoms with E-state index in [2.05, 4.69) is 11.7 Å². The molecular weight excluding hydrogens is 208 g/mol. The highest BCUT2D eigenvalue weighted by Gasteiger charge is 1.97. The third-order valence-electron chi connectivity index (χ3n) is 1.72. The molecule has 0 rings (SSSR count). The van der Waals surface area contributed by atoms with Crippen LogP contribution < -0.4 is 0 Å². The van der Waals surface area contributed by atoms with Gasteiger partial charge in [-0.3, -0.25) is 9.59 Å². The molecule has 0 saturated heterocycles. The van der Waals surface area contributed by atoms with E-state index in [1.54, 1.807) is 0 Å². The lowest BCUT2D eigenvalue weighted by Gasteiger charge is -1.97. The van der Waals surface area contributed by atoms with Crippen LogP contribution in [-0.4, -0.2) is 25.7 Å². The minimum absolute atomic E-state index is 0.0700. The van der Waals surface area contributed by atoms with Gasteiger partial charge in [-0.1, -0.05) is 20.3 Å². The van der Waals surface area contributed by atoms with Crippen LogP contribution in [0.5, 0.6) is 0 Å². The highest BCUT2D eigenvalue weighted by atomic mass is 16.5. The van der Waals surface area contributed by atoms with E-state index in [0.29, 0.717) is 19.4 Å². The molecule has 0 aliphatic heterocycles. The molecule has 0 amide bonds. The first-order valence-electron chi connectivity index (χ1n) is 5.84. The number of methoxy groups -OCH3 is 1. The normalized spacial score (nSPS) is 8.75. The zero-order chi connectivity index (χ0) is 12.8. The first-order chi connectivity index (χ1) is 7.62. The number of hydrogen-bond donors (Lipinski definition) is 0. The summed E-state index contributed by atoms with van der Waals surface area (Å²) in [5, 5.41) is 0. The summed E-state index contributed by atoms with van der Waals surface area (Å²) in [5.41, 5.74) is 0. The van der Waals surface area contributed by atoms with Gasteiger partial charge in [-0.2, -0.15) is 0 Å². The van der Waals surface area contributed by atoms with Gasteiger partial charge in [0.05, 0.1) is 13.7 Å². The van der Waals surface area contributed by atoms with Crippen LogP contribution in [-0.2, 0) is 19.1 Å². The number of carbonyl (C=O) groups excluding carboxylic acids is 2. The Bertz CT molecular complexity index is 178. The number of esters is 2. The van der Waals surface area contributed by atoms with Crippen molar-refractivity contribution in [1.29, 1.82) is 0 Å². The van der Waals surface area contributed by atoms with Gasteiger partial charge >= 0.3 is 11.9 Å². The lowest BCUT2D eigenvalue weighted by atomic mass is 10.3. The van der Waals surface area contributed by atoms with Gasteiger partial charge in [-0.15, -0.1) is 0 Å². The average Bonchev–Trinajstić information content (AvgIpc) is 2.28. The monoisotopic (exact) mass is 232 g/mol. The van der Waals surface area contributed by atoms with E-state index in [0.717, 1.165) is 19.3 Å². The summed E-state index contributed by atoms with van der Waals surface area (Å²) in [5.74, 6) is -0.193. The molecule has 0 radical (unpaired) electrons. The fraction of sp³-hybridized carbons (Fsp3) is 0.833. The van der Waals surface area contributed by atoms with Crippen LogP contribution in [0.15, 0.2) is 0 Å². The van der Waals surface area contributed by atoms with Gasteiger partial charge in [0.15, 0.2) is 0 Å². The molecule has 0 fully saturated rings. The van der Waals surface area contributed by atoms with Gasteiger partial charge in [0.1, 0.15) is 0 Å². The molecule has 16 heavy (non-hydrogen) atoms. The summed E-state index contributed by atoms with van der Waals surface area (Å²) in [7, 11) is 1.40. The molecule has 0 atom stereocenters. The van der Waals surface area contributed by atoms with Crippen LogP contribution in [0.3, 0.4) is 0 Å². The van der Waals surface area contributed by atoms with E-state index in [9.17, 15) is 9.59 Å². The second kappa shape index (κ2) is 13.9. The van der Waals surface area contributed by atoms with Crippen molar-refractivity contribution in [3.8, 4) is 0 Å². The number of rotatable bonds is 6. The van der Waals surface area contributed by atoms with E-state index in [4.69, 9.17) is 4.74 Å². The second-order valence-electron chi connectivity index (χ2n) is 3.23. The zero-order valence-electron chi connectivity index (χ0n) is 10.9. The number of hydrogen-bond acceptors (Lipinski definition) is 4. The fourth-order valence-electron chi connectivity index (χ4n) is 0.860. The maximum Gasteiger partial charge on any atom is 0.305 e. The first kappa shape index (κ1) is 17.3. The van der Waals surface area contributed by atoms with Crippen molar-refractivity contribution in [2.75, 3.05) is 13.7 Å². The van der Waals surface area contributed by atoms with Crippen molar-refractivity contribution in [1.82, 2.24) is 0 Å². The van der Waals surface area contributed by atoms with Crippen molar-refractivity contribution in [2.45, 2.75) is 52.9 Å². The molecule has 0 N–H and O–H groups in total. The van der Waals surface area contributed by atoms with E-state index >= 15 is 0 Å². The third-order valence-corrected chi connectivity index (χ3v) is 1.72. The van der Waals surface area contributed by atoms with Crippen molar-refractivity contribution >= 4 is 11.9 Å². The van der Waals surface area contributed by atoms with Gasteiger partial charge < -0.3 is 9.47 Å². The Hall–Kier alpha value is -1.06.